The number of allylic oxidation sites excluding steroid dienone is 1. The van der Waals surface area contributed by atoms with Crippen molar-refractivity contribution in [3.05, 3.63) is 47.3 Å². The van der Waals surface area contributed by atoms with Crippen LogP contribution in [0.15, 0.2) is 35.9 Å². The van der Waals surface area contributed by atoms with Gasteiger partial charge in [0.2, 0.25) is 0 Å². The second kappa shape index (κ2) is 8.99. The minimum absolute atomic E-state index is 0.0271. The Morgan fingerprint density at radius 3 is 2.76 bits per heavy atom. The van der Waals surface area contributed by atoms with E-state index in [4.69, 9.17) is 0 Å². The summed E-state index contributed by atoms with van der Waals surface area (Å²) >= 11 is 0. The minimum atomic E-state index is -0.151. The van der Waals surface area contributed by atoms with E-state index >= 15 is 0 Å². The zero-order valence-corrected chi connectivity index (χ0v) is 14.8. The predicted octanol–water partition coefficient (Wildman–Crippen LogP) is 3.54. The number of carbonyl (C=O) groups excluding carboxylic acids is 1. The normalized spacial score (nSPS) is 19.2. The summed E-state index contributed by atoms with van der Waals surface area (Å²) in [7, 11) is 0. The van der Waals surface area contributed by atoms with Crippen molar-refractivity contribution in [1.82, 2.24) is 15.1 Å². The van der Waals surface area contributed by atoms with Gasteiger partial charge in [0, 0.05) is 44.8 Å². The maximum Gasteiger partial charge on any atom is 0.317 e. The van der Waals surface area contributed by atoms with Gasteiger partial charge < -0.3 is 10.2 Å². The molecule has 2 amide bonds. The SMILES string of the molecule is O=C(NCC1=CCCCC1)N1CCCN(Cc2ccccc2F)CC1. The van der Waals surface area contributed by atoms with Gasteiger partial charge in [-0.1, -0.05) is 29.8 Å². The van der Waals surface area contributed by atoms with Gasteiger partial charge in [0.25, 0.3) is 0 Å². The first-order valence-electron chi connectivity index (χ1n) is 9.39. The maximum absolute atomic E-state index is 13.8. The standard InChI is InChI=1S/C20H28FN3O/c21-19-10-5-4-9-18(19)16-23-11-6-12-24(14-13-23)20(25)22-15-17-7-2-1-3-8-17/h4-5,7,9-10H,1-3,6,8,11-16H2,(H,22,25). The molecular weight excluding hydrogens is 317 g/mol. The zero-order valence-electron chi connectivity index (χ0n) is 14.8. The van der Waals surface area contributed by atoms with Gasteiger partial charge in [-0.25, -0.2) is 9.18 Å². The molecule has 0 spiro atoms. The van der Waals surface area contributed by atoms with Crippen LogP contribution in [0.25, 0.3) is 0 Å². The molecule has 2 aliphatic rings. The number of halogens is 1. The van der Waals surface area contributed by atoms with Crippen molar-refractivity contribution in [2.45, 2.75) is 38.6 Å². The average molecular weight is 345 g/mol. The molecular formula is C20H28FN3O. The van der Waals surface area contributed by atoms with Crippen molar-refractivity contribution in [1.29, 1.82) is 0 Å². The van der Waals surface area contributed by atoms with Crippen LogP contribution < -0.4 is 5.32 Å². The van der Waals surface area contributed by atoms with Crippen LogP contribution in [0.5, 0.6) is 0 Å². The first-order valence-corrected chi connectivity index (χ1v) is 9.39. The third kappa shape index (κ3) is 5.30. The van der Waals surface area contributed by atoms with Gasteiger partial charge in [-0.15, -0.1) is 0 Å². The molecule has 1 aliphatic carbocycles. The number of rotatable bonds is 4. The molecule has 0 atom stereocenters. The van der Waals surface area contributed by atoms with Crippen LogP contribution in [0.1, 0.15) is 37.7 Å². The van der Waals surface area contributed by atoms with E-state index in [1.807, 2.05) is 17.0 Å². The second-order valence-electron chi connectivity index (χ2n) is 6.98. The molecule has 0 saturated carbocycles. The summed E-state index contributed by atoms with van der Waals surface area (Å²) in [5.41, 5.74) is 2.08. The van der Waals surface area contributed by atoms with Crippen LogP contribution in [0.4, 0.5) is 9.18 Å². The van der Waals surface area contributed by atoms with Crippen LogP contribution in [0.3, 0.4) is 0 Å². The molecule has 1 saturated heterocycles. The summed E-state index contributed by atoms with van der Waals surface area (Å²) in [6, 6.07) is 6.96. The number of benzene rings is 1. The van der Waals surface area contributed by atoms with Gasteiger partial charge >= 0.3 is 6.03 Å². The number of urea groups is 1. The topological polar surface area (TPSA) is 35.6 Å². The summed E-state index contributed by atoms with van der Waals surface area (Å²) in [6.45, 7) is 4.41. The Morgan fingerprint density at radius 1 is 1.08 bits per heavy atom. The summed E-state index contributed by atoms with van der Waals surface area (Å²) in [5.74, 6) is -0.151. The van der Waals surface area contributed by atoms with E-state index in [0.717, 1.165) is 44.5 Å². The lowest BCUT2D eigenvalue weighted by Gasteiger charge is -2.23. The van der Waals surface area contributed by atoms with E-state index in [1.165, 1.54) is 24.5 Å². The highest BCUT2D eigenvalue weighted by Crippen LogP contribution is 2.16. The van der Waals surface area contributed by atoms with Gasteiger partial charge in [0.1, 0.15) is 5.82 Å². The lowest BCUT2D eigenvalue weighted by atomic mass is 10.00. The van der Waals surface area contributed by atoms with Gasteiger partial charge in [0.05, 0.1) is 0 Å². The molecule has 136 valence electrons. The first kappa shape index (κ1) is 17.9. The molecule has 1 aromatic carbocycles. The van der Waals surface area contributed by atoms with Crippen molar-refractivity contribution < 1.29 is 9.18 Å². The highest BCUT2D eigenvalue weighted by atomic mass is 19.1. The molecule has 25 heavy (non-hydrogen) atoms. The van der Waals surface area contributed by atoms with Gasteiger partial charge in [-0.3, -0.25) is 4.90 Å². The molecule has 0 unspecified atom stereocenters. The molecule has 0 bridgehead atoms. The predicted molar refractivity (Wildman–Crippen MR) is 97.8 cm³/mol. The molecule has 0 aromatic heterocycles. The molecule has 1 N–H and O–H groups in total. The van der Waals surface area contributed by atoms with Crippen LogP contribution in [0.2, 0.25) is 0 Å². The molecule has 1 aliphatic heterocycles. The van der Waals surface area contributed by atoms with Gasteiger partial charge in [-0.2, -0.15) is 0 Å². The van der Waals surface area contributed by atoms with Crippen molar-refractivity contribution in [3.63, 3.8) is 0 Å². The summed E-state index contributed by atoms with van der Waals surface area (Å²) in [4.78, 5) is 16.5. The van der Waals surface area contributed by atoms with Crippen molar-refractivity contribution in [2.24, 2.45) is 0 Å². The quantitative estimate of drug-likeness (QED) is 0.847. The lowest BCUT2D eigenvalue weighted by molar-refractivity contribution is 0.198. The summed E-state index contributed by atoms with van der Waals surface area (Å²) in [5, 5.41) is 3.06. The molecule has 4 nitrogen and oxygen atoms in total. The van der Waals surface area contributed by atoms with Crippen LogP contribution in [-0.2, 0) is 6.54 Å². The fraction of sp³-hybridized carbons (Fsp3) is 0.550. The number of carbonyl (C=O) groups is 1. The van der Waals surface area contributed by atoms with Crippen LogP contribution >= 0.6 is 0 Å². The van der Waals surface area contributed by atoms with Crippen molar-refractivity contribution >= 4 is 6.03 Å². The lowest BCUT2D eigenvalue weighted by Crippen LogP contribution is -2.42. The average Bonchev–Trinajstić information content (AvgIpc) is 2.88. The van der Waals surface area contributed by atoms with Crippen molar-refractivity contribution in [3.8, 4) is 0 Å². The molecule has 5 heteroatoms. The maximum atomic E-state index is 13.8. The fourth-order valence-corrected chi connectivity index (χ4v) is 3.57. The molecule has 1 fully saturated rings. The van der Waals surface area contributed by atoms with E-state index in [-0.39, 0.29) is 11.8 Å². The Balaban J connectivity index is 1.46. The van der Waals surface area contributed by atoms with E-state index in [2.05, 4.69) is 16.3 Å². The van der Waals surface area contributed by atoms with Gasteiger partial charge in [-0.05, 0) is 38.2 Å². The fourth-order valence-electron chi connectivity index (χ4n) is 3.57. The minimum Gasteiger partial charge on any atom is -0.334 e. The van der Waals surface area contributed by atoms with E-state index in [9.17, 15) is 9.18 Å². The molecule has 0 radical (unpaired) electrons. The number of hydrogen-bond donors (Lipinski definition) is 1. The summed E-state index contributed by atoms with van der Waals surface area (Å²) < 4.78 is 13.8. The highest BCUT2D eigenvalue weighted by molar-refractivity contribution is 5.74. The van der Waals surface area contributed by atoms with Crippen LogP contribution in [0, 0.1) is 5.82 Å². The largest absolute Gasteiger partial charge is 0.334 e. The highest BCUT2D eigenvalue weighted by Gasteiger charge is 2.20. The Bertz CT molecular complexity index is 617. The number of hydrogen-bond acceptors (Lipinski definition) is 2. The Labute approximate surface area is 149 Å². The monoisotopic (exact) mass is 345 g/mol. The number of nitrogens with zero attached hydrogens (tertiary/aromatic N) is 2. The second-order valence-corrected chi connectivity index (χ2v) is 6.98. The molecule has 1 aromatic rings. The van der Waals surface area contributed by atoms with Crippen LogP contribution in [-0.4, -0.2) is 48.6 Å². The zero-order chi connectivity index (χ0) is 17.5. The number of nitrogens with one attached hydrogen (secondary N) is 1. The Morgan fingerprint density at radius 2 is 1.96 bits per heavy atom. The smallest absolute Gasteiger partial charge is 0.317 e. The summed E-state index contributed by atoms with van der Waals surface area (Å²) in [6.07, 6.45) is 7.93. The van der Waals surface area contributed by atoms with Crippen molar-refractivity contribution in [2.75, 3.05) is 32.7 Å². The third-order valence-electron chi connectivity index (χ3n) is 5.08. The number of amides is 2. The molecule has 1 heterocycles. The van der Waals surface area contributed by atoms with E-state index in [1.54, 1.807) is 6.07 Å². The Hall–Kier alpha value is -1.88. The van der Waals surface area contributed by atoms with E-state index in [0.29, 0.717) is 19.6 Å². The Kier molecular flexibility index (Phi) is 6.45. The molecule has 3 rings (SSSR count). The van der Waals surface area contributed by atoms with E-state index < -0.39 is 0 Å². The van der Waals surface area contributed by atoms with Gasteiger partial charge in [0.15, 0.2) is 0 Å². The first-order chi connectivity index (χ1) is 12.2. The third-order valence-corrected chi connectivity index (χ3v) is 5.08.